The van der Waals surface area contributed by atoms with Gasteiger partial charge in [-0.25, -0.2) is 0 Å². The standard InChI is InChI=1S/C26H23NO6S2/c1-3-32-23-15-20(13-14-22(23)33-35(30,31)21-7-5-4-6-8-21)16-24-25(28)27(26(29)34-24)17-19-11-9-18(2)10-12-19/h4-16H,3,17H2,1-2H3/b24-16-. The molecule has 180 valence electrons. The van der Waals surface area contributed by atoms with E-state index in [9.17, 15) is 18.0 Å². The van der Waals surface area contributed by atoms with Crippen LogP contribution in [0.1, 0.15) is 23.6 Å². The molecule has 1 aliphatic heterocycles. The van der Waals surface area contributed by atoms with E-state index >= 15 is 0 Å². The van der Waals surface area contributed by atoms with Crippen LogP contribution in [0, 0.1) is 6.92 Å². The highest BCUT2D eigenvalue weighted by molar-refractivity contribution is 8.18. The summed E-state index contributed by atoms with van der Waals surface area (Å²) in [6, 6.07) is 20.1. The number of benzene rings is 3. The molecule has 0 atom stereocenters. The van der Waals surface area contributed by atoms with E-state index in [4.69, 9.17) is 8.92 Å². The summed E-state index contributed by atoms with van der Waals surface area (Å²) in [5, 5.41) is -0.347. The van der Waals surface area contributed by atoms with E-state index in [2.05, 4.69) is 0 Å². The third kappa shape index (κ3) is 5.75. The maximum absolute atomic E-state index is 12.9. The van der Waals surface area contributed by atoms with Crippen molar-refractivity contribution in [3.63, 3.8) is 0 Å². The van der Waals surface area contributed by atoms with Gasteiger partial charge in [-0.2, -0.15) is 8.42 Å². The summed E-state index contributed by atoms with van der Waals surface area (Å²) in [4.78, 5) is 26.9. The molecule has 0 N–H and O–H groups in total. The highest BCUT2D eigenvalue weighted by atomic mass is 32.2. The third-order valence-electron chi connectivity index (χ3n) is 5.13. The fourth-order valence-electron chi connectivity index (χ4n) is 3.37. The van der Waals surface area contributed by atoms with Gasteiger partial charge in [-0.3, -0.25) is 14.5 Å². The van der Waals surface area contributed by atoms with Crippen molar-refractivity contribution in [1.82, 2.24) is 4.90 Å². The molecule has 4 rings (SSSR count). The molecule has 0 radical (unpaired) electrons. The van der Waals surface area contributed by atoms with Crippen molar-refractivity contribution in [2.45, 2.75) is 25.3 Å². The Morgan fingerprint density at radius 1 is 0.943 bits per heavy atom. The monoisotopic (exact) mass is 509 g/mol. The Labute approximate surface area is 208 Å². The van der Waals surface area contributed by atoms with Crippen molar-refractivity contribution >= 4 is 39.1 Å². The molecule has 3 aromatic carbocycles. The Morgan fingerprint density at radius 3 is 2.34 bits per heavy atom. The number of amides is 2. The molecule has 1 heterocycles. The smallest absolute Gasteiger partial charge is 0.339 e. The van der Waals surface area contributed by atoms with Gasteiger partial charge < -0.3 is 8.92 Å². The second-order valence-electron chi connectivity index (χ2n) is 7.74. The molecule has 0 saturated carbocycles. The summed E-state index contributed by atoms with van der Waals surface area (Å²) in [5.74, 6) is -0.148. The topological polar surface area (TPSA) is 90.0 Å². The van der Waals surface area contributed by atoms with Gasteiger partial charge in [-0.15, -0.1) is 0 Å². The Hall–Kier alpha value is -3.56. The number of hydrogen-bond donors (Lipinski definition) is 0. The number of imide groups is 1. The number of aryl methyl sites for hydroxylation is 1. The molecule has 0 aromatic heterocycles. The number of carbonyl (C=O) groups is 2. The number of rotatable bonds is 8. The predicted octanol–water partition coefficient (Wildman–Crippen LogP) is 5.40. The lowest BCUT2D eigenvalue weighted by atomic mass is 10.1. The zero-order valence-electron chi connectivity index (χ0n) is 19.1. The summed E-state index contributed by atoms with van der Waals surface area (Å²) in [7, 11) is -4.05. The van der Waals surface area contributed by atoms with Crippen molar-refractivity contribution < 1.29 is 26.9 Å². The van der Waals surface area contributed by atoms with Gasteiger partial charge >= 0.3 is 10.1 Å². The number of hydrogen-bond acceptors (Lipinski definition) is 7. The lowest BCUT2D eigenvalue weighted by Gasteiger charge is -2.13. The van der Waals surface area contributed by atoms with Crippen molar-refractivity contribution in [2.75, 3.05) is 6.61 Å². The summed E-state index contributed by atoms with van der Waals surface area (Å²) in [6.07, 6.45) is 1.58. The molecule has 1 fully saturated rings. The second kappa shape index (κ2) is 10.4. The van der Waals surface area contributed by atoms with E-state index in [-0.39, 0.29) is 45.6 Å². The molecular weight excluding hydrogens is 486 g/mol. The first kappa shape index (κ1) is 24.6. The second-order valence-corrected chi connectivity index (χ2v) is 10.3. The van der Waals surface area contributed by atoms with Crippen LogP contribution in [0.15, 0.2) is 82.6 Å². The number of ether oxygens (including phenoxy) is 1. The van der Waals surface area contributed by atoms with Crippen LogP contribution in [0.4, 0.5) is 4.79 Å². The Balaban J connectivity index is 1.56. The summed E-state index contributed by atoms with van der Waals surface area (Å²) in [5.41, 5.74) is 2.52. The molecular formula is C26H23NO6S2. The third-order valence-corrected chi connectivity index (χ3v) is 7.29. The fourth-order valence-corrected chi connectivity index (χ4v) is 5.17. The Bertz CT molecular complexity index is 1380. The van der Waals surface area contributed by atoms with E-state index in [1.54, 1.807) is 43.3 Å². The lowest BCUT2D eigenvalue weighted by Crippen LogP contribution is -2.27. The largest absolute Gasteiger partial charge is 0.490 e. The van der Waals surface area contributed by atoms with Gasteiger partial charge in [0, 0.05) is 0 Å². The van der Waals surface area contributed by atoms with Crippen molar-refractivity contribution in [3.05, 3.63) is 94.4 Å². The molecule has 7 nitrogen and oxygen atoms in total. The van der Waals surface area contributed by atoms with Crippen LogP contribution in [0.3, 0.4) is 0 Å². The van der Waals surface area contributed by atoms with E-state index in [1.165, 1.54) is 23.1 Å². The van der Waals surface area contributed by atoms with Crippen molar-refractivity contribution in [1.29, 1.82) is 0 Å². The zero-order valence-corrected chi connectivity index (χ0v) is 20.8. The SMILES string of the molecule is CCOc1cc(/C=C2\SC(=O)N(Cc3ccc(C)cc3)C2=O)ccc1OS(=O)(=O)c1ccccc1. The Kier molecular flexibility index (Phi) is 7.28. The minimum absolute atomic E-state index is 0.0220. The zero-order chi connectivity index (χ0) is 25.0. The highest BCUT2D eigenvalue weighted by Crippen LogP contribution is 2.36. The average Bonchev–Trinajstić information content (AvgIpc) is 3.10. The van der Waals surface area contributed by atoms with Gasteiger partial charge in [0.2, 0.25) is 0 Å². The van der Waals surface area contributed by atoms with Gasteiger partial charge in [-0.05, 0) is 67.1 Å². The molecule has 1 aliphatic rings. The molecule has 0 bridgehead atoms. The highest BCUT2D eigenvalue weighted by Gasteiger charge is 2.35. The average molecular weight is 510 g/mol. The van der Waals surface area contributed by atoms with Crippen LogP contribution in [0.5, 0.6) is 11.5 Å². The van der Waals surface area contributed by atoms with Crippen LogP contribution in [0.2, 0.25) is 0 Å². The normalized spacial score (nSPS) is 15.0. The summed E-state index contributed by atoms with van der Waals surface area (Å²) >= 11 is 0.860. The molecule has 0 unspecified atom stereocenters. The predicted molar refractivity (Wildman–Crippen MR) is 135 cm³/mol. The summed E-state index contributed by atoms with van der Waals surface area (Å²) < 4.78 is 36.2. The minimum Gasteiger partial charge on any atom is -0.490 e. The van der Waals surface area contributed by atoms with Gasteiger partial charge in [0.05, 0.1) is 18.1 Å². The first-order chi connectivity index (χ1) is 16.8. The maximum Gasteiger partial charge on any atom is 0.339 e. The van der Waals surface area contributed by atoms with Crippen LogP contribution in [-0.4, -0.2) is 31.1 Å². The van der Waals surface area contributed by atoms with Crippen LogP contribution in [-0.2, 0) is 21.5 Å². The van der Waals surface area contributed by atoms with Crippen LogP contribution < -0.4 is 8.92 Å². The van der Waals surface area contributed by atoms with Gasteiger partial charge in [0.15, 0.2) is 11.5 Å². The molecule has 9 heteroatoms. The maximum atomic E-state index is 12.9. The first-order valence-corrected chi connectivity index (χ1v) is 13.1. The first-order valence-electron chi connectivity index (χ1n) is 10.8. The quantitative estimate of drug-likeness (QED) is 0.297. The van der Waals surface area contributed by atoms with Crippen molar-refractivity contribution in [3.8, 4) is 11.5 Å². The van der Waals surface area contributed by atoms with Gasteiger partial charge in [-0.1, -0.05) is 54.1 Å². The molecule has 0 spiro atoms. The van der Waals surface area contributed by atoms with Crippen LogP contribution in [0.25, 0.3) is 6.08 Å². The minimum atomic E-state index is -4.05. The van der Waals surface area contributed by atoms with Crippen molar-refractivity contribution in [2.24, 2.45) is 0 Å². The van der Waals surface area contributed by atoms with E-state index < -0.39 is 10.1 Å². The Morgan fingerprint density at radius 2 is 1.66 bits per heavy atom. The molecule has 35 heavy (non-hydrogen) atoms. The molecule has 0 aliphatic carbocycles. The lowest BCUT2D eigenvalue weighted by molar-refractivity contribution is -0.123. The number of carbonyl (C=O) groups excluding carboxylic acids is 2. The molecule has 2 amide bonds. The summed E-state index contributed by atoms with van der Waals surface area (Å²) in [6.45, 7) is 4.20. The molecule has 3 aromatic rings. The fraction of sp³-hybridized carbons (Fsp3) is 0.154. The van der Waals surface area contributed by atoms with Gasteiger partial charge in [0.25, 0.3) is 11.1 Å². The number of thioether (sulfide) groups is 1. The van der Waals surface area contributed by atoms with E-state index in [0.717, 1.165) is 22.9 Å². The van der Waals surface area contributed by atoms with Gasteiger partial charge in [0.1, 0.15) is 4.90 Å². The van der Waals surface area contributed by atoms with E-state index in [0.29, 0.717) is 5.56 Å². The van der Waals surface area contributed by atoms with Crippen LogP contribution >= 0.6 is 11.8 Å². The number of nitrogens with zero attached hydrogens (tertiary/aromatic N) is 1. The van der Waals surface area contributed by atoms with E-state index in [1.807, 2.05) is 31.2 Å². The molecule has 1 saturated heterocycles.